The number of ether oxygens (including phenoxy) is 1. The van der Waals surface area contributed by atoms with Crippen LogP contribution in [0.25, 0.3) is 0 Å². The maximum absolute atomic E-state index is 12.1. The first-order valence-corrected chi connectivity index (χ1v) is 13.2. The molecule has 6 heteroatoms. The van der Waals surface area contributed by atoms with Gasteiger partial charge in [-0.3, -0.25) is 9.59 Å². The topological polar surface area (TPSA) is 84.5 Å². The smallest absolute Gasteiger partial charge is 0.328 e. The van der Waals surface area contributed by atoms with Crippen molar-refractivity contribution in [1.82, 2.24) is 10.6 Å². The second kappa shape index (κ2) is 22.6. The molecule has 0 bridgehead atoms. The Kier molecular flexibility index (Phi) is 21.5. The van der Waals surface area contributed by atoms with Crippen LogP contribution in [0, 0.1) is 0 Å². The van der Waals surface area contributed by atoms with Crippen LogP contribution in [0.4, 0.5) is 0 Å². The summed E-state index contributed by atoms with van der Waals surface area (Å²) >= 11 is 0. The number of amides is 2. The Bertz CT molecular complexity index is 482. The van der Waals surface area contributed by atoms with Gasteiger partial charge in [-0.2, -0.15) is 0 Å². The zero-order valence-corrected chi connectivity index (χ0v) is 21.1. The first kappa shape index (κ1) is 30.4. The molecule has 1 atom stereocenters. The van der Waals surface area contributed by atoms with E-state index in [4.69, 9.17) is 4.74 Å². The number of carbonyl (C=O) groups excluding carboxylic acids is 3. The lowest BCUT2D eigenvalue weighted by Crippen LogP contribution is -2.41. The SMILES string of the molecule is CCCCCCCCCCCC(=O)NCCCCC(NC(=O)CCCCCC)C(=O)OC. The quantitative estimate of drug-likeness (QED) is 0.159. The van der Waals surface area contributed by atoms with E-state index in [0.717, 1.165) is 51.4 Å². The monoisotopic (exact) mass is 454 g/mol. The van der Waals surface area contributed by atoms with Gasteiger partial charge in [-0.05, 0) is 32.1 Å². The molecule has 0 aromatic carbocycles. The van der Waals surface area contributed by atoms with Gasteiger partial charge in [0, 0.05) is 19.4 Å². The lowest BCUT2D eigenvalue weighted by Gasteiger charge is -2.16. The minimum absolute atomic E-state index is 0.0919. The van der Waals surface area contributed by atoms with Crippen molar-refractivity contribution >= 4 is 17.8 Å². The van der Waals surface area contributed by atoms with Gasteiger partial charge in [-0.15, -0.1) is 0 Å². The Labute approximate surface area is 197 Å². The van der Waals surface area contributed by atoms with Crippen molar-refractivity contribution in [3.8, 4) is 0 Å². The third kappa shape index (κ3) is 19.1. The molecule has 0 aliphatic carbocycles. The predicted molar refractivity (Wildman–Crippen MR) is 131 cm³/mol. The van der Waals surface area contributed by atoms with Gasteiger partial charge in [0.1, 0.15) is 6.04 Å². The van der Waals surface area contributed by atoms with Crippen molar-refractivity contribution < 1.29 is 19.1 Å². The van der Waals surface area contributed by atoms with Crippen LogP contribution in [-0.2, 0) is 19.1 Å². The van der Waals surface area contributed by atoms with E-state index in [2.05, 4.69) is 24.5 Å². The van der Waals surface area contributed by atoms with E-state index in [1.807, 2.05) is 0 Å². The van der Waals surface area contributed by atoms with Crippen molar-refractivity contribution in [2.24, 2.45) is 0 Å². The van der Waals surface area contributed by atoms with Gasteiger partial charge in [-0.25, -0.2) is 4.79 Å². The molecular formula is C26H50N2O4. The molecule has 1 unspecified atom stereocenters. The molecule has 0 fully saturated rings. The lowest BCUT2D eigenvalue weighted by atomic mass is 10.1. The number of nitrogens with one attached hydrogen (secondary N) is 2. The normalized spacial score (nSPS) is 11.7. The van der Waals surface area contributed by atoms with Crippen LogP contribution < -0.4 is 10.6 Å². The fraction of sp³-hybridized carbons (Fsp3) is 0.885. The fourth-order valence-corrected chi connectivity index (χ4v) is 3.76. The van der Waals surface area contributed by atoms with Crippen LogP contribution in [-0.4, -0.2) is 37.5 Å². The first-order valence-electron chi connectivity index (χ1n) is 13.2. The number of methoxy groups -OCH3 is 1. The number of hydrogen-bond donors (Lipinski definition) is 2. The molecule has 0 radical (unpaired) electrons. The lowest BCUT2D eigenvalue weighted by molar-refractivity contribution is -0.145. The van der Waals surface area contributed by atoms with Gasteiger partial charge in [0.05, 0.1) is 7.11 Å². The van der Waals surface area contributed by atoms with Crippen molar-refractivity contribution in [1.29, 1.82) is 0 Å². The highest BCUT2D eigenvalue weighted by molar-refractivity contribution is 5.84. The van der Waals surface area contributed by atoms with Crippen LogP contribution in [0.15, 0.2) is 0 Å². The molecule has 2 N–H and O–H groups in total. The van der Waals surface area contributed by atoms with E-state index in [1.54, 1.807) is 0 Å². The summed E-state index contributed by atoms with van der Waals surface area (Å²) in [7, 11) is 1.34. The van der Waals surface area contributed by atoms with Crippen LogP contribution in [0.2, 0.25) is 0 Å². The summed E-state index contributed by atoms with van der Waals surface area (Å²) in [6.07, 6.45) is 18.4. The molecule has 0 saturated carbocycles. The summed E-state index contributed by atoms with van der Waals surface area (Å²) in [5.74, 6) is -0.384. The van der Waals surface area contributed by atoms with E-state index >= 15 is 0 Å². The summed E-state index contributed by atoms with van der Waals surface area (Å²) in [6.45, 7) is 4.98. The molecule has 2 amide bonds. The molecular weight excluding hydrogens is 404 g/mol. The highest BCUT2D eigenvalue weighted by Crippen LogP contribution is 2.10. The number of unbranched alkanes of at least 4 members (excludes halogenated alkanes) is 12. The summed E-state index contributed by atoms with van der Waals surface area (Å²) in [5, 5.41) is 5.77. The number of carbonyl (C=O) groups is 3. The third-order valence-electron chi connectivity index (χ3n) is 5.83. The summed E-state index contributed by atoms with van der Waals surface area (Å²) in [4.78, 5) is 36.0. The Morgan fingerprint density at radius 1 is 0.656 bits per heavy atom. The Hall–Kier alpha value is -1.59. The van der Waals surface area contributed by atoms with Crippen LogP contribution in [0.5, 0.6) is 0 Å². The van der Waals surface area contributed by atoms with Gasteiger partial charge in [-0.1, -0.05) is 84.5 Å². The molecule has 0 aromatic rings. The number of hydrogen-bond acceptors (Lipinski definition) is 4. The highest BCUT2D eigenvalue weighted by Gasteiger charge is 2.20. The molecule has 0 saturated heterocycles. The second-order valence-electron chi connectivity index (χ2n) is 8.88. The maximum atomic E-state index is 12.1. The van der Waals surface area contributed by atoms with E-state index in [-0.39, 0.29) is 11.8 Å². The number of rotatable bonds is 22. The molecule has 188 valence electrons. The van der Waals surface area contributed by atoms with E-state index in [0.29, 0.717) is 25.8 Å². The Morgan fingerprint density at radius 2 is 1.16 bits per heavy atom. The van der Waals surface area contributed by atoms with Gasteiger partial charge in [0.25, 0.3) is 0 Å². The summed E-state index contributed by atoms with van der Waals surface area (Å²) in [6, 6.07) is -0.601. The van der Waals surface area contributed by atoms with Crippen molar-refractivity contribution in [2.45, 2.75) is 135 Å². The largest absolute Gasteiger partial charge is 0.467 e. The van der Waals surface area contributed by atoms with Crippen molar-refractivity contribution in [3.63, 3.8) is 0 Å². The average molecular weight is 455 g/mol. The fourth-order valence-electron chi connectivity index (χ4n) is 3.76. The molecule has 0 aliphatic heterocycles. The van der Waals surface area contributed by atoms with E-state index in [9.17, 15) is 14.4 Å². The minimum Gasteiger partial charge on any atom is -0.467 e. The van der Waals surface area contributed by atoms with Gasteiger partial charge in [0.15, 0.2) is 0 Å². The second-order valence-corrected chi connectivity index (χ2v) is 8.88. The predicted octanol–water partition coefficient (Wildman–Crippen LogP) is 5.82. The van der Waals surface area contributed by atoms with E-state index < -0.39 is 12.0 Å². The Morgan fingerprint density at radius 3 is 1.72 bits per heavy atom. The Balaban J connectivity index is 3.79. The van der Waals surface area contributed by atoms with Crippen LogP contribution >= 0.6 is 0 Å². The maximum Gasteiger partial charge on any atom is 0.328 e. The molecule has 0 aromatic heterocycles. The molecule has 0 rings (SSSR count). The molecule has 6 nitrogen and oxygen atoms in total. The first-order chi connectivity index (χ1) is 15.5. The van der Waals surface area contributed by atoms with Gasteiger partial charge >= 0.3 is 5.97 Å². The van der Waals surface area contributed by atoms with Crippen molar-refractivity contribution in [3.05, 3.63) is 0 Å². The number of esters is 1. The van der Waals surface area contributed by atoms with Gasteiger partial charge in [0.2, 0.25) is 11.8 Å². The zero-order valence-electron chi connectivity index (χ0n) is 21.1. The summed E-state index contributed by atoms with van der Waals surface area (Å²) in [5.41, 5.74) is 0. The average Bonchev–Trinajstić information content (AvgIpc) is 2.79. The van der Waals surface area contributed by atoms with Crippen LogP contribution in [0.3, 0.4) is 0 Å². The summed E-state index contributed by atoms with van der Waals surface area (Å²) < 4.78 is 4.82. The highest BCUT2D eigenvalue weighted by atomic mass is 16.5. The van der Waals surface area contributed by atoms with E-state index in [1.165, 1.54) is 52.1 Å². The van der Waals surface area contributed by atoms with Gasteiger partial charge < -0.3 is 15.4 Å². The standard InChI is InChI=1S/C26H50N2O4/c1-4-6-8-10-11-12-13-14-16-20-24(29)27-22-18-17-19-23(26(31)32-3)28-25(30)21-15-9-7-5-2/h23H,4-22H2,1-3H3,(H,27,29)(H,28,30). The minimum atomic E-state index is -0.601. The third-order valence-corrected chi connectivity index (χ3v) is 5.83. The molecule has 0 heterocycles. The molecule has 0 spiro atoms. The molecule has 0 aliphatic rings. The van der Waals surface area contributed by atoms with Crippen LogP contribution in [0.1, 0.15) is 129 Å². The molecule has 32 heavy (non-hydrogen) atoms. The van der Waals surface area contributed by atoms with Crippen molar-refractivity contribution in [2.75, 3.05) is 13.7 Å². The zero-order chi connectivity index (χ0) is 23.9.